The molecule has 0 aromatic heterocycles. The van der Waals surface area contributed by atoms with Gasteiger partial charge in [-0.25, -0.2) is 4.79 Å². The van der Waals surface area contributed by atoms with Gasteiger partial charge in [-0.1, -0.05) is 18.3 Å². The topological polar surface area (TPSA) is 29.4 Å². The summed E-state index contributed by atoms with van der Waals surface area (Å²) in [5, 5.41) is 0. The molecule has 2 nitrogen and oxygen atoms in total. The molecule has 0 saturated heterocycles. The van der Waals surface area contributed by atoms with Gasteiger partial charge >= 0.3 is 0 Å². The van der Waals surface area contributed by atoms with Crippen LogP contribution in [0, 0.1) is 0 Å². The second kappa shape index (κ2) is 4.37. The van der Waals surface area contributed by atoms with Crippen LogP contribution in [0.3, 0.4) is 0 Å². The van der Waals surface area contributed by atoms with Crippen molar-refractivity contribution in [2.45, 2.75) is 6.42 Å². The number of isocyanates is 1. The number of carbonyl (C=O) groups excluding carboxylic acids is 1. The molecule has 0 radical (unpaired) electrons. The lowest BCUT2D eigenvalue weighted by Crippen LogP contribution is -1.82. The van der Waals surface area contributed by atoms with Crippen LogP contribution in [0.15, 0.2) is 17.6 Å². The summed E-state index contributed by atoms with van der Waals surface area (Å²) in [6.45, 7) is 3.41. The third-order valence-electron chi connectivity index (χ3n) is 0.489. The molecule has 0 rings (SSSR count). The molecular formula is C5H5NOS. The van der Waals surface area contributed by atoms with E-state index in [1.54, 1.807) is 6.08 Å². The van der Waals surface area contributed by atoms with Gasteiger partial charge < -0.3 is 0 Å². The Morgan fingerprint density at radius 1 is 2.00 bits per heavy atom. The zero-order chi connectivity index (χ0) is 6.41. The molecule has 0 aromatic rings. The van der Waals surface area contributed by atoms with Crippen molar-refractivity contribution in [3.8, 4) is 0 Å². The Kier molecular flexibility index (Phi) is 3.94. The minimum Gasteiger partial charge on any atom is -0.211 e. The van der Waals surface area contributed by atoms with Crippen LogP contribution in [0.2, 0.25) is 0 Å². The summed E-state index contributed by atoms with van der Waals surface area (Å²) in [4.78, 5) is 13.0. The van der Waals surface area contributed by atoms with Gasteiger partial charge in [0.15, 0.2) is 0 Å². The van der Waals surface area contributed by atoms with E-state index in [2.05, 4.69) is 23.8 Å². The number of hydrogen-bond donors (Lipinski definition) is 0. The molecular weight excluding hydrogens is 122 g/mol. The first-order valence-corrected chi connectivity index (χ1v) is 2.43. The SMILES string of the molecule is C=CCC(=S)N=C=O. The molecule has 0 bridgehead atoms. The van der Waals surface area contributed by atoms with Crippen molar-refractivity contribution in [1.29, 1.82) is 0 Å². The molecule has 0 saturated carbocycles. The predicted molar refractivity (Wildman–Crippen MR) is 35.5 cm³/mol. The van der Waals surface area contributed by atoms with E-state index in [1.165, 1.54) is 6.08 Å². The van der Waals surface area contributed by atoms with Crippen LogP contribution in [0.25, 0.3) is 0 Å². The molecule has 0 heterocycles. The summed E-state index contributed by atoms with van der Waals surface area (Å²) in [6.07, 6.45) is 3.40. The highest BCUT2D eigenvalue weighted by Gasteiger charge is 1.83. The van der Waals surface area contributed by atoms with Gasteiger partial charge in [-0.05, 0) is 0 Å². The van der Waals surface area contributed by atoms with Crippen molar-refractivity contribution >= 4 is 23.3 Å². The lowest BCUT2D eigenvalue weighted by molar-refractivity contribution is 0.566. The molecule has 0 unspecified atom stereocenters. The van der Waals surface area contributed by atoms with Crippen LogP contribution in [-0.4, -0.2) is 11.1 Å². The number of hydrogen-bond acceptors (Lipinski definition) is 2. The number of nitrogens with zero attached hydrogens (tertiary/aromatic N) is 1. The van der Waals surface area contributed by atoms with Crippen LogP contribution >= 0.6 is 12.2 Å². The molecule has 0 aliphatic carbocycles. The van der Waals surface area contributed by atoms with Gasteiger partial charge in [-0.3, -0.25) is 0 Å². The number of thiocarbonyl (C=S) groups is 1. The van der Waals surface area contributed by atoms with Crippen LogP contribution in [0.1, 0.15) is 6.42 Å². The van der Waals surface area contributed by atoms with Crippen LogP contribution in [-0.2, 0) is 4.79 Å². The first-order valence-electron chi connectivity index (χ1n) is 2.03. The van der Waals surface area contributed by atoms with Gasteiger partial charge in [0.05, 0.1) is 0 Å². The van der Waals surface area contributed by atoms with E-state index in [1.807, 2.05) is 0 Å². The van der Waals surface area contributed by atoms with E-state index in [0.29, 0.717) is 11.4 Å². The molecule has 0 spiro atoms. The fourth-order valence-corrected chi connectivity index (χ4v) is 0.375. The van der Waals surface area contributed by atoms with E-state index in [-0.39, 0.29) is 0 Å². The largest absolute Gasteiger partial charge is 0.241 e. The minimum absolute atomic E-state index is 0.329. The Morgan fingerprint density at radius 2 is 2.62 bits per heavy atom. The lowest BCUT2D eigenvalue weighted by Gasteiger charge is -1.80. The normalized spacial score (nSPS) is 7.00. The Balaban J connectivity index is 3.65. The van der Waals surface area contributed by atoms with Crippen molar-refractivity contribution in [2.75, 3.05) is 0 Å². The van der Waals surface area contributed by atoms with Crippen molar-refractivity contribution in [2.24, 2.45) is 4.99 Å². The summed E-state index contributed by atoms with van der Waals surface area (Å²) in [7, 11) is 0. The maximum atomic E-state index is 9.48. The second-order valence-corrected chi connectivity index (χ2v) is 1.56. The van der Waals surface area contributed by atoms with E-state index in [0.717, 1.165) is 0 Å². The quantitative estimate of drug-likeness (QED) is 0.241. The maximum Gasteiger partial charge on any atom is 0.241 e. The average Bonchev–Trinajstić information content (AvgIpc) is 1.68. The van der Waals surface area contributed by atoms with E-state index >= 15 is 0 Å². The Hall–Kier alpha value is -0.790. The standard InChI is InChI=1S/C5H5NOS/c1-2-3-5(8)6-4-7/h2H,1,3H2. The van der Waals surface area contributed by atoms with Gasteiger partial charge in [-0.15, -0.1) is 6.58 Å². The first-order chi connectivity index (χ1) is 3.81. The highest BCUT2D eigenvalue weighted by molar-refractivity contribution is 7.80. The maximum absolute atomic E-state index is 9.48. The summed E-state index contributed by atoms with van der Waals surface area (Å²) in [6, 6.07) is 0. The van der Waals surface area contributed by atoms with E-state index < -0.39 is 0 Å². The van der Waals surface area contributed by atoms with Crippen molar-refractivity contribution < 1.29 is 4.79 Å². The Labute approximate surface area is 52.9 Å². The molecule has 0 aromatic carbocycles. The highest BCUT2D eigenvalue weighted by Crippen LogP contribution is 1.86. The van der Waals surface area contributed by atoms with E-state index in [4.69, 9.17) is 0 Å². The van der Waals surface area contributed by atoms with E-state index in [9.17, 15) is 4.79 Å². The van der Waals surface area contributed by atoms with Crippen molar-refractivity contribution in [3.05, 3.63) is 12.7 Å². The van der Waals surface area contributed by atoms with Gasteiger partial charge in [0, 0.05) is 6.42 Å². The Morgan fingerprint density at radius 3 is 3.00 bits per heavy atom. The fraction of sp³-hybridized carbons (Fsp3) is 0.200. The number of rotatable bonds is 2. The monoisotopic (exact) mass is 127 g/mol. The molecule has 0 aliphatic heterocycles. The van der Waals surface area contributed by atoms with Gasteiger partial charge in [-0.2, -0.15) is 4.99 Å². The molecule has 0 fully saturated rings. The summed E-state index contributed by atoms with van der Waals surface area (Å²) < 4.78 is 0. The van der Waals surface area contributed by atoms with Gasteiger partial charge in [0.2, 0.25) is 6.08 Å². The molecule has 0 amide bonds. The third kappa shape index (κ3) is 3.40. The molecule has 0 aliphatic rings. The van der Waals surface area contributed by atoms with Gasteiger partial charge in [0.25, 0.3) is 0 Å². The molecule has 0 N–H and O–H groups in total. The number of aliphatic imine (C=N–C) groups is 1. The Bertz CT molecular complexity index is 147. The minimum atomic E-state index is 0.329. The van der Waals surface area contributed by atoms with Crippen molar-refractivity contribution in [3.63, 3.8) is 0 Å². The zero-order valence-electron chi connectivity index (χ0n) is 4.26. The summed E-state index contributed by atoms with van der Waals surface area (Å²) >= 11 is 4.55. The first kappa shape index (κ1) is 7.21. The fourth-order valence-electron chi connectivity index (χ4n) is 0.220. The summed E-state index contributed by atoms with van der Waals surface area (Å²) in [5.41, 5.74) is 0. The molecule has 0 atom stereocenters. The smallest absolute Gasteiger partial charge is 0.211 e. The predicted octanol–water partition coefficient (Wildman–Crippen LogP) is 1.23. The van der Waals surface area contributed by atoms with Crippen LogP contribution in [0.4, 0.5) is 0 Å². The third-order valence-corrected chi connectivity index (χ3v) is 0.747. The molecule has 8 heavy (non-hydrogen) atoms. The van der Waals surface area contributed by atoms with Crippen molar-refractivity contribution in [1.82, 2.24) is 0 Å². The zero-order valence-corrected chi connectivity index (χ0v) is 5.07. The highest BCUT2D eigenvalue weighted by atomic mass is 32.1. The summed E-state index contributed by atoms with van der Waals surface area (Å²) in [5.74, 6) is 0. The van der Waals surface area contributed by atoms with Crippen LogP contribution in [0.5, 0.6) is 0 Å². The average molecular weight is 127 g/mol. The van der Waals surface area contributed by atoms with Crippen LogP contribution < -0.4 is 0 Å². The molecule has 3 heteroatoms. The molecule has 42 valence electrons. The second-order valence-electron chi connectivity index (χ2n) is 1.09. The van der Waals surface area contributed by atoms with Gasteiger partial charge in [0.1, 0.15) is 4.99 Å². The lowest BCUT2D eigenvalue weighted by atomic mass is 10.4.